The molecule has 1 aliphatic heterocycles. The van der Waals surface area contributed by atoms with Gasteiger partial charge in [0.25, 0.3) is 0 Å². The van der Waals surface area contributed by atoms with Crippen LogP contribution in [0.1, 0.15) is 18.4 Å². The Morgan fingerprint density at radius 3 is 2.26 bits per heavy atom. The summed E-state index contributed by atoms with van der Waals surface area (Å²) >= 11 is 3.43. The Hall–Kier alpha value is -1.42. The van der Waals surface area contributed by atoms with Crippen molar-refractivity contribution in [3.63, 3.8) is 0 Å². The minimum Gasteiger partial charge on any atom is -0.274 e. The average Bonchev–Trinajstić information content (AvgIpc) is 2.66. The van der Waals surface area contributed by atoms with Gasteiger partial charge in [-0.05, 0) is 53.4 Å². The van der Waals surface area contributed by atoms with E-state index < -0.39 is 0 Å². The molecule has 1 heterocycles. The number of hydrogen-bond donors (Lipinski definition) is 0. The predicted octanol–water partition coefficient (Wildman–Crippen LogP) is 3.21. The van der Waals surface area contributed by atoms with Crippen LogP contribution in [0.4, 0.5) is 5.69 Å². The van der Waals surface area contributed by atoms with E-state index in [2.05, 4.69) is 15.9 Å². The Kier molecular flexibility index (Phi) is 3.05. The molecule has 1 fully saturated rings. The summed E-state index contributed by atoms with van der Waals surface area (Å²) in [6.45, 7) is 1.95. The summed E-state index contributed by atoms with van der Waals surface area (Å²) in [5.41, 5.74) is 1.70. The second kappa shape index (κ2) is 4.60. The first kappa shape index (κ1) is 12.6. The number of imide groups is 1. The summed E-state index contributed by atoms with van der Waals surface area (Å²) in [6.07, 6.45) is 5.35. The third-order valence-electron chi connectivity index (χ3n) is 3.85. The van der Waals surface area contributed by atoms with E-state index in [4.69, 9.17) is 0 Å². The van der Waals surface area contributed by atoms with Gasteiger partial charge < -0.3 is 0 Å². The summed E-state index contributed by atoms with van der Waals surface area (Å²) in [5.74, 6) is -0.480. The van der Waals surface area contributed by atoms with Gasteiger partial charge in [0, 0.05) is 4.47 Å². The van der Waals surface area contributed by atoms with Gasteiger partial charge in [0.2, 0.25) is 11.8 Å². The third-order valence-corrected chi connectivity index (χ3v) is 4.52. The highest BCUT2D eigenvalue weighted by atomic mass is 79.9. The Balaban J connectivity index is 2.04. The van der Waals surface area contributed by atoms with Crippen LogP contribution in [0.25, 0.3) is 0 Å². The molecule has 0 aromatic heterocycles. The van der Waals surface area contributed by atoms with E-state index >= 15 is 0 Å². The molecule has 1 aromatic rings. The predicted molar refractivity (Wildman–Crippen MR) is 76.7 cm³/mol. The van der Waals surface area contributed by atoms with Gasteiger partial charge in [-0.3, -0.25) is 9.59 Å². The molecule has 3 nitrogen and oxygen atoms in total. The first-order chi connectivity index (χ1) is 9.09. The SMILES string of the molecule is Cc1ccc(Br)c(N2C(=O)[C@H]3CC=CC[C@H]3C2=O)c1. The van der Waals surface area contributed by atoms with Crippen molar-refractivity contribution >= 4 is 33.4 Å². The molecule has 1 aliphatic carbocycles. The number of halogens is 1. The maximum Gasteiger partial charge on any atom is 0.238 e. The summed E-state index contributed by atoms with van der Waals surface area (Å²) in [7, 11) is 0. The first-order valence-corrected chi connectivity index (χ1v) is 7.18. The number of carbonyl (C=O) groups excluding carboxylic acids is 2. The molecule has 0 unspecified atom stereocenters. The fourth-order valence-corrected chi connectivity index (χ4v) is 3.26. The number of allylic oxidation sites excluding steroid dienone is 2. The van der Waals surface area contributed by atoms with E-state index in [1.54, 1.807) is 0 Å². The summed E-state index contributed by atoms with van der Waals surface area (Å²) in [5, 5.41) is 0. The molecule has 19 heavy (non-hydrogen) atoms. The molecule has 1 aromatic carbocycles. The molecular formula is C15H14BrNO2. The van der Waals surface area contributed by atoms with Crippen molar-refractivity contribution in [1.82, 2.24) is 0 Å². The lowest BCUT2D eigenvalue weighted by Gasteiger charge is -2.17. The van der Waals surface area contributed by atoms with Crippen LogP contribution in [0.5, 0.6) is 0 Å². The van der Waals surface area contributed by atoms with Crippen molar-refractivity contribution in [3.8, 4) is 0 Å². The molecule has 2 atom stereocenters. The number of anilines is 1. The number of hydrogen-bond acceptors (Lipinski definition) is 2. The van der Waals surface area contributed by atoms with Crippen LogP contribution < -0.4 is 4.90 Å². The summed E-state index contributed by atoms with van der Waals surface area (Å²) in [4.78, 5) is 26.3. The van der Waals surface area contributed by atoms with Crippen molar-refractivity contribution in [2.24, 2.45) is 11.8 Å². The molecule has 2 aliphatic rings. The Labute approximate surface area is 120 Å². The van der Waals surface area contributed by atoms with Gasteiger partial charge >= 0.3 is 0 Å². The topological polar surface area (TPSA) is 37.4 Å². The highest BCUT2D eigenvalue weighted by Crippen LogP contribution is 2.40. The molecule has 98 valence electrons. The van der Waals surface area contributed by atoms with Crippen molar-refractivity contribution in [2.45, 2.75) is 19.8 Å². The number of fused-ring (bicyclic) bond motifs is 1. The molecule has 0 saturated carbocycles. The zero-order valence-corrected chi connectivity index (χ0v) is 12.2. The zero-order valence-electron chi connectivity index (χ0n) is 10.6. The number of nitrogens with zero attached hydrogens (tertiary/aromatic N) is 1. The number of benzene rings is 1. The highest BCUT2D eigenvalue weighted by molar-refractivity contribution is 9.10. The van der Waals surface area contributed by atoms with Crippen LogP contribution in [-0.2, 0) is 9.59 Å². The molecule has 3 rings (SSSR count). The lowest BCUT2D eigenvalue weighted by atomic mass is 9.85. The van der Waals surface area contributed by atoms with E-state index in [9.17, 15) is 9.59 Å². The van der Waals surface area contributed by atoms with Gasteiger partial charge in [0.1, 0.15) is 0 Å². The summed E-state index contributed by atoms with van der Waals surface area (Å²) < 4.78 is 0.784. The number of amides is 2. The van der Waals surface area contributed by atoms with Crippen LogP contribution >= 0.6 is 15.9 Å². The molecule has 1 saturated heterocycles. The third kappa shape index (κ3) is 1.94. The largest absolute Gasteiger partial charge is 0.274 e. The standard InChI is InChI=1S/C15H14BrNO2/c1-9-6-7-12(16)13(8-9)17-14(18)10-4-2-3-5-11(10)15(17)19/h2-3,6-8,10-11H,4-5H2,1H3/t10-,11+. The maximum atomic E-state index is 12.5. The van der Waals surface area contributed by atoms with Crippen molar-refractivity contribution in [1.29, 1.82) is 0 Å². The number of aryl methyl sites for hydroxylation is 1. The van der Waals surface area contributed by atoms with Gasteiger partial charge in [-0.2, -0.15) is 0 Å². The zero-order chi connectivity index (χ0) is 13.6. The highest BCUT2D eigenvalue weighted by Gasteiger charge is 2.48. The van der Waals surface area contributed by atoms with Crippen LogP contribution in [0.2, 0.25) is 0 Å². The smallest absolute Gasteiger partial charge is 0.238 e. The van der Waals surface area contributed by atoms with Crippen LogP contribution in [0, 0.1) is 18.8 Å². The fourth-order valence-electron chi connectivity index (χ4n) is 2.83. The lowest BCUT2D eigenvalue weighted by Crippen LogP contribution is -2.31. The monoisotopic (exact) mass is 319 g/mol. The van der Waals surface area contributed by atoms with Crippen LogP contribution in [0.3, 0.4) is 0 Å². The van der Waals surface area contributed by atoms with Crippen molar-refractivity contribution in [3.05, 3.63) is 40.4 Å². The van der Waals surface area contributed by atoms with Crippen LogP contribution in [-0.4, -0.2) is 11.8 Å². The number of carbonyl (C=O) groups is 2. The van der Waals surface area contributed by atoms with E-state index in [1.165, 1.54) is 4.90 Å². The van der Waals surface area contributed by atoms with Crippen molar-refractivity contribution in [2.75, 3.05) is 4.90 Å². The first-order valence-electron chi connectivity index (χ1n) is 6.38. The molecule has 0 radical (unpaired) electrons. The summed E-state index contributed by atoms with van der Waals surface area (Å²) in [6, 6.07) is 5.71. The maximum absolute atomic E-state index is 12.5. The van der Waals surface area contributed by atoms with Gasteiger partial charge in [0.15, 0.2) is 0 Å². The van der Waals surface area contributed by atoms with Gasteiger partial charge in [-0.25, -0.2) is 4.90 Å². The van der Waals surface area contributed by atoms with Gasteiger partial charge in [-0.15, -0.1) is 0 Å². The molecule has 0 bridgehead atoms. The fraction of sp³-hybridized carbons (Fsp3) is 0.333. The quantitative estimate of drug-likeness (QED) is 0.588. The van der Waals surface area contributed by atoms with Crippen LogP contribution in [0.15, 0.2) is 34.8 Å². The normalized spacial score (nSPS) is 25.9. The minimum atomic E-state index is -0.176. The van der Waals surface area contributed by atoms with E-state index in [0.29, 0.717) is 18.5 Å². The van der Waals surface area contributed by atoms with Gasteiger partial charge in [0.05, 0.1) is 17.5 Å². The minimum absolute atomic E-state index is 0.0642. The Morgan fingerprint density at radius 1 is 1.11 bits per heavy atom. The molecular weight excluding hydrogens is 306 g/mol. The molecule has 4 heteroatoms. The van der Waals surface area contributed by atoms with E-state index in [1.807, 2.05) is 37.3 Å². The second-order valence-electron chi connectivity index (χ2n) is 5.12. The van der Waals surface area contributed by atoms with Gasteiger partial charge in [-0.1, -0.05) is 18.2 Å². The molecule has 2 amide bonds. The second-order valence-corrected chi connectivity index (χ2v) is 5.98. The molecule has 0 N–H and O–H groups in total. The van der Waals surface area contributed by atoms with E-state index in [0.717, 1.165) is 10.0 Å². The Bertz CT molecular complexity index is 568. The average molecular weight is 320 g/mol. The van der Waals surface area contributed by atoms with E-state index in [-0.39, 0.29) is 23.7 Å². The number of rotatable bonds is 1. The molecule has 0 spiro atoms. The lowest BCUT2D eigenvalue weighted by molar-refractivity contribution is -0.122. The Morgan fingerprint density at radius 2 is 1.68 bits per heavy atom. The van der Waals surface area contributed by atoms with Crippen molar-refractivity contribution < 1.29 is 9.59 Å².